The third-order valence-corrected chi connectivity index (χ3v) is 4.02. The van der Waals surface area contributed by atoms with E-state index in [0.717, 1.165) is 22.4 Å². The number of carbonyl (C=O) groups is 2. The molecule has 0 fully saturated rings. The summed E-state index contributed by atoms with van der Waals surface area (Å²) in [6, 6.07) is 15.7. The van der Waals surface area contributed by atoms with E-state index in [9.17, 15) is 9.59 Å². The minimum Gasteiger partial charge on any atom is -0.456 e. The second-order valence-electron chi connectivity index (χ2n) is 6.39. The van der Waals surface area contributed by atoms with Crippen LogP contribution in [0.4, 0.5) is 5.69 Å². The van der Waals surface area contributed by atoms with Gasteiger partial charge in [0.25, 0.3) is 5.91 Å². The smallest absolute Gasteiger partial charge is 0.306 e. The first-order valence-electron chi connectivity index (χ1n) is 8.56. The molecule has 0 aliphatic rings. The van der Waals surface area contributed by atoms with Gasteiger partial charge in [0.05, 0.1) is 0 Å². The molecule has 2 aromatic carbocycles. The summed E-state index contributed by atoms with van der Waals surface area (Å²) in [5.74, 6) is -0.388. The van der Waals surface area contributed by atoms with Gasteiger partial charge in [-0.15, -0.1) is 0 Å². The van der Waals surface area contributed by atoms with Crippen LogP contribution in [0.5, 0.6) is 0 Å². The van der Waals surface area contributed by atoms with Crippen LogP contribution in [0.15, 0.2) is 48.5 Å². The number of hydrogen-bond acceptors (Lipinski definition) is 3. The summed E-state index contributed by atoms with van der Waals surface area (Å²) < 4.78 is 5.09. The largest absolute Gasteiger partial charge is 0.456 e. The van der Waals surface area contributed by atoms with Crippen molar-refractivity contribution in [2.75, 3.05) is 11.9 Å². The lowest BCUT2D eigenvalue weighted by atomic mass is 9.98. The van der Waals surface area contributed by atoms with E-state index in [2.05, 4.69) is 19.2 Å². The molecule has 0 bridgehead atoms. The average Bonchev–Trinajstić information content (AvgIpc) is 2.60. The number of amides is 1. The molecular formula is C21H25NO3. The fraction of sp³-hybridized carbons (Fsp3) is 0.333. The van der Waals surface area contributed by atoms with Gasteiger partial charge in [0, 0.05) is 12.1 Å². The Morgan fingerprint density at radius 1 is 1.04 bits per heavy atom. The van der Waals surface area contributed by atoms with Crippen LogP contribution >= 0.6 is 0 Å². The molecule has 0 unspecified atom stereocenters. The quantitative estimate of drug-likeness (QED) is 0.768. The van der Waals surface area contributed by atoms with Crippen molar-refractivity contribution < 1.29 is 14.3 Å². The highest BCUT2D eigenvalue weighted by Crippen LogP contribution is 2.27. The molecule has 0 atom stereocenters. The van der Waals surface area contributed by atoms with E-state index in [0.29, 0.717) is 12.3 Å². The molecule has 1 amide bonds. The topological polar surface area (TPSA) is 55.4 Å². The Bertz CT molecular complexity index is 723. The van der Waals surface area contributed by atoms with Crippen molar-refractivity contribution in [2.24, 2.45) is 0 Å². The maximum Gasteiger partial charge on any atom is 0.306 e. The van der Waals surface area contributed by atoms with E-state index in [-0.39, 0.29) is 24.9 Å². The van der Waals surface area contributed by atoms with Crippen LogP contribution in [0.3, 0.4) is 0 Å². The summed E-state index contributed by atoms with van der Waals surface area (Å²) in [4.78, 5) is 23.9. The van der Waals surface area contributed by atoms with Crippen LogP contribution in [-0.4, -0.2) is 18.5 Å². The molecule has 4 nitrogen and oxygen atoms in total. The number of para-hydroxylation sites is 1. The fourth-order valence-electron chi connectivity index (χ4n) is 2.63. The van der Waals surface area contributed by atoms with Gasteiger partial charge in [-0.1, -0.05) is 62.4 Å². The molecule has 0 radical (unpaired) electrons. The van der Waals surface area contributed by atoms with Crippen molar-refractivity contribution in [2.45, 2.75) is 39.5 Å². The summed E-state index contributed by atoms with van der Waals surface area (Å²) in [5.41, 5.74) is 3.95. The van der Waals surface area contributed by atoms with Gasteiger partial charge >= 0.3 is 5.97 Å². The van der Waals surface area contributed by atoms with Gasteiger partial charge in [-0.05, 0) is 36.0 Å². The summed E-state index contributed by atoms with van der Waals surface area (Å²) in [7, 11) is 0. The Morgan fingerprint density at radius 2 is 1.76 bits per heavy atom. The molecule has 0 saturated heterocycles. The molecule has 4 heteroatoms. The van der Waals surface area contributed by atoms with Crippen molar-refractivity contribution in [1.82, 2.24) is 0 Å². The predicted octanol–water partition coefficient (Wildman–Crippen LogP) is 4.23. The zero-order valence-electron chi connectivity index (χ0n) is 15.0. The van der Waals surface area contributed by atoms with Gasteiger partial charge in [0.15, 0.2) is 6.61 Å². The zero-order valence-corrected chi connectivity index (χ0v) is 15.0. The van der Waals surface area contributed by atoms with Crippen molar-refractivity contribution in [3.63, 3.8) is 0 Å². The van der Waals surface area contributed by atoms with Gasteiger partial charge in [-0.25, -0.2) is 0 Å². The van der Waals surface area contributed by atoms with E-state index < -0.39 is 0 Å². The van der Waals surface area contributed by atoms with Crippen LogP contribution in [0, 0.1) is 6.92 Å². The normalized spacial score (nSPS) is 10.6. The van der Waals surface area contributed by atoms with Crippen molar-refractivity contribution >= 4 is 17.6 Å². The minimum atomic E-state index is -0.368. The number of benzene rings is 2. The average molecular weight is 339 g/mol. The first-order valence-corrected chi connectivity index (χ1v) is 8.56. The van der Waals surface area contributed by atoms with Crippen LogP contribution in [0.2, 0.25) is 0 Å². The van der Waals surface area contributed by atoms with E-state index in [1.54, 1.807) is 0 Å². The molecule has 0 spiro atoms. The summed E-state index contributed by atoms with van der Waals surface area (Å²) >= 11 is 0. The van der Waals surface area contributed by atoms with Crippen LogP contribution in [0.1, 0.15) is 42.9 Å². The molecule has 0 saturated carbocycles. The monoisotopic (exact) mass is 339 g/mol. The highest BCUT2D eigenvalue weighted by Gasteiger charge is 2.13. The van der Waals surface area contributed by atoms with Gasteiger partial charge < -0.3 is 10.1 Å². The van der Waals surface area contributed by atoms with Gasteiger partial charge in [0.1, 0.15) is 0 Å². The Labute approximate surface area is 149 Å². The number of nitrogens with one attached hydrogen (secondary N) is 1. The van der Waals surface area contributed by atoms with E-state index in [1.165, 1.54) is 0 Å². The summed E-state index contributed by atoms with van der Waals surface area (Å²) in [6.45, 7) is 5.84. The molecular weight excluding hydrogens is 314 g/mol. The molecule has 2 aromatic rings. The Morgan fingerprint density at radius 3 is 2.44 bits per heavy atom. The van der Waals surface area contributed by atoms with Crippen molar-refractivity contribution in [3.8, 4) is 0 Å². The van der Waals surface area contributed by atoms with E-state index >= 15 is 0 Å². The van der Waals surface area contributed by atoms with Crippen molar-refractivity contribution in [3.05, 3.63) is 65.2 Å². The molecule has 0 aromatic heterocycles. The Hall–Kier alpha value is -2.62. The summed E-state index contributed by atoms with van der Waals surface area (Å²) in [5, 5.41) is 2.87. The lowest BCUT2D eigenvalue weighted by Gasteiger charge is -2.16. The first kappa shape index (κ1) is 18.7. The number of rotatable bonds is 7. The SMILES string of the molecule is Cc1cccc(C(C)C)c1NC(=O)COC(=O)CCc1ccccc1. The van der Waals surface area contributed by atoms with Gasteiger partial charge in [0.2, 0.25) is 0 Å². The van der Waals surface area contributed by atoms with E-state index in [4.69, 9.17) is 4.74 Å². The second-order valence-corrected chi connectivity index (χ2v) is 6.39. The number of hydrogen-bond donors (Lipinski definition) is 1. The highest BCUT2D eigenvalue weighted by molar-refractivity contribution is 5.94. The molecule has 0 aliphatic heterocycles. The number of carbonyl (C=O) groups excluding carboxylic acids is 2. The maximum atomic E-state index is 12.1. The molecule has 1 N–H and O–H groups in total. The van der Waals surface area contributed by atoms with Crippen LogP contribution in [-0.2, 0) is 20.7 Å². The number of aryl methyl sites for hydroxylation is 2. The van der Waals surface area contributed by atoms with E-state index in [1.807, 2.05) is 55.5 Å². The lowest BCUT2D eigenvalue weighted by Crippen LogP contribution is -2.22. The first-order chi connectivity index (χ1) is 12.0. The molecule has 0 heterocycles. The number of ether oxygens (including phenoxy) is 1. The van der Waals surface area contributed by atoms with Crippen molar-refractivity contribution in [1.29, 1.82) is 0 Å². The van der Waals surface area contributed by atoms with Gasteiger partial charge in [-0.2, -0.15) is 0 Å². The second kappa shape index (κ2) is 9.02. The summed E-state index contributed by atoms with van der Waals surface area (Å²) in [6.07, 6.45) is 0.871. The van der Waals surface area contributed by atoms with Gasteiger partial charge in [-0.3, -0.25) is 9.59 Å². The van der Waals surface area contributed by atoms with Crippen LogP contribution < -0.4 is 5.32 Å². The number of anilines is 1. The van der Waals surface area contributed by atoms with Crippen LogP contribution in [0.25, 0.3) is 0 Å². The molecule has 2 rings (SSSR count). The number of esters is 1. The molecule has 0 aliphatic carbocycles. The fourth-order valence-corrected chi connectivity index (χ4v) is 2.63. The Kier molecular flexibility index (Phi) is 6.75. The Balaban J connectivity index is 1.84. The maximum absolute atomic E-state index is 12.1. The molecule has 25 heavy (non-hydrogen) atoms. The highest BCUT2D eigenvalue weighted by atomic mass is 16.5. The third kappa shape index (κ3) is 5.75. The predicted molar refractivity (Wildman–Crippen MR) is 99.6 cm³/mol. The third-order valence-electron chi connectivity index (χ3n) is 4.02. The zero-order chi connectivity index (χ0) is 18.2. The minimum absolute atomic E-state index is 0.263. The molecule has 132 valence electrons. The standard InChI is InChI=1S/C21H25NO3/c1-15(2)18-11-7-8-16(3)21(18)22-19(23)14-25-20(24)13-12-17-9-5-4-6-10-17/h4-11,15H,12-14H2,1-3H3,(H,22,23). The lowest BCUT2D eigenvalue weighted by molar-refractivity contribution is -0.147.